The number of halogens is 1. The fourth-order valence-corrected chi connectivity index (χ4v) is 9.41. The summed E-state index contributed by atoms with van der Waals surface area (Å²) in [4.78, 5) is 87.9. The van der Waals surface area contributed by atoms with Gasteiger partial charge in [0.25, 0.3) is 23.6 Å². The molecule has 0 bridgehead atoms. The van der Waals surface area contributed by atoms with Gasteiger partial charge in [0.2, 0.25) is 11.8 Å². The van der Waals surface area contributed by atoms with E-state index in [9.17, 15) is 34.0 Å². The Morgan fingerprint density at radius 3 is 2.20 bits per heavy atom. The van der Waals surface area contributed by atoms with Crippen molar-refractivity contribution in [3.8, 4) is 6.07 Å². The molecule has 5 heterocycles. The molecule has 4 saturated heterocycles. The lowest BCUT2D eigenvalue weighted by Crippen LogP contribution is -2.54. The van der Waals surface area contributed by atoms with Gasteiger partial charge in [0, 0.05) is 63.6 Å². The van der Waals surface area contributed by atoms with E-state index in [1.807, 2.05) is 6.07 Å². The maximum Gasteiger partial charge on any atom is 0.262 e. The summed E-state index contributed by atoms with van der Waals surface area (Å²) < 4.78 is 15.8. The van der Waals surface area contributed by atoms with E-state index >= 15 is 4.39 Å². The van der Waals surface area contributed by atoms with E-state index in [4.69, 9.17) is 12.2 Å². The van der Waals surface area contributed by atoms with Crippen molar-refractivity contribution in [2.75, 3.05) is 60.5 Å². The highest BCUT2D eigenvalue weighted by Gasteiger charge is 2.51. The highest BCUT2D eigenvalue weighted by Crippen LogP contribution is 2.38. The summed E-state index contributed by atoms with van der Waals surface area (Å²) in [6.07, 6.45) is 2.00. The molecule has 5 aliphatic rings. The second-order valence-corrected chi connectivity index (χ2v) is 16.7. The fraction of sp³-hybridized carbons (Fsp3) is 0.395. The fourth-order valence-electron chi connectivity index (χ4n) is 8.88. The second kappa shape index (κ2) is 15.3. The molecule has 0 radical (unpaired) electrons. The Kier molecular flexibility index (Phi) is 10.3. The SMILES string of the molecule is Cc1cc(N2C(=O)C(C)(C)N(c3ccc(C(=O)N4CCN(CC5CCN(c6ccc7c(c6)C(=O)N(C6CCC(=O)NC6=O)C7=O)CC5)CC4)c(F)c3)C2=S)ccc1C#N. The van der Waals surface area contributed by atoms with Crippen LogP contribution in [0.1, 0.15) is 81.7 Å². The van der Waals surface area contributed by atoms with Crippen LogP contribution in [-0.4, -0.2) is 113 Å². The summed E-state index contributed by atoms with van der Waals surface area (Å²) in [6, 6.07) is 15.7. The number of hydrogen-bond acceptors (Lipinski definition) is 10. The Morgan fingerprint density at radius 2 is 1.54 bits per heavy atom. The van der Waals surface area contributed by atoms with Crippen molar-refractivity contribution < 1.29 is 33.2 Å². The minimum Gasteiger partial charge on any atom is -0.371 e. The predicted molar refractivity (Wildman–Crippen MR) is 219 cm³/mol. The number of piperazine rings is 1. The molecule has 1 N–H and O–H groups in total. The molecule has 14 nitrogen and oxygen atoms in total. The van der Waals surface area contributed by atoms with E-state index in [1.54, 1.807) is 67.0 Å². The minimum absolute atomic E-state index is 0.0512. The van der Waals surface area contributed by atoms with E-state index in [-0.39, 0.29) is 40.6 Å². The van der Waals surface area contributed by atoms with E-state index in [0.29, 0.717) is 54.6 Å². The molecule has 8 rings (SSSR count). The molecular weight excluding hydrogens is 776 g/mol. The molecule has 0 saturated carbocycles. The molecule has 16 heteroatoms. The zero-order valence-electron chi connectivity index (χ0n) is 33.0. The molecule has 0 aromatic heterocycles. The number of rotatable bonds is 7. The van der Waals surface area contributed by atoms with Gasteiger partial charge in [-0.25, -0.2) is 4.39 Å². The smallest absolute Gasteiger partial charge is 0.262 e. The summed E-state index contributed by atoms with van der Waals surface area (Å²) in [7, 11) is 0. The number of benzene rings is 3. The van der Waals surface area contributed by atoms with Gasteiger partial charge in [0.05, 0.1) is 34.0 Å². The number of thiocarbonyl (C=S) groups is 1. The van der Waals surface area contributed by atoms with E-state index in [0.717, 1.165) is 43.1 Å². The quantitative estimate of drug-likeness (QED) is 0.272. The van der Waals surface area contributed by atoms with Crippen LogP contribution in [0.25, 0.3) is 0 Å². The first-order valence-corrected chi connectivity index (χ1v) is 20.2. The highest BCUT2D eigenvalue weighted by molar-refractivity contribution is 7.81. The monoisotopic (exact) mass is 818 g/mol. The van der Waals surface area contributed by atoms with Crippen molar-refractivity contribution in [2.45, 2.75) is 58.0 Å². The number of piperidine rings is 2. The molecule has 0 aliphatic carbocycles. The van der Waals surface area contributed by atoms with E-state index in [1.165, 1.54) is 17.0 Å². The third-order valence-corrected chi connectivity index (χ3v) is 12.6. The molecule has 3 aromatic carbocycles. The van der Waals surface area contributed by atoms with Gasteiger partial charge < -0.3 is 14.7 Å². The lowest BCUT2D eigenvalue weighted by molar-refractivity contribution is -0.136. The summed E-state index contributed by atoms with van der Waals surface area (Å²) >= 11 is 5.76. The zero-order valence-corrected chi connectivity index (χ0v) is 33.8. The van der Waals surface area contributed by atoms with Crippen molar-refractivity contribution in [1.29, 1.82) is 5.26 Å². The molecule has 0 spiro atoms. The third kappa shape index (κ3) is 7.01. The molecule has 304 valence electrons. The Hall–Kier alpha value is -6.05. The third-order valence-electron chi connectivity index (χ3n) is 12.3. The van der Waals surface area contributed by atoms with Crippen LogP contribution in [-0.2, 0) is 14.4 Å². The first-order valence-electron chi connectivity index (χ1n) is 19.8. The zero-order chi connectivity index (χ0) is 41.9. The van der Waals surface area contributed by atoms with Gasteiger partial charge in [0.1, 0.15) is 17.4 Å². The van der Waals surface area contributed by atoms with Crippen LogP contribution < -0.4 is 20.0 Å². The topological polar surface area (TPSA) is 158 Å². The maximum atomic E-state index is 15.8. The number of fused-ring (bicyclic) bond motifs is 1. The van der Waals surface area contributed by atoms with Crippen molar-refractivity contribution in [1.82, 2.24) is 20.0 Å². The molecule has 6 amide bonds. The maximum absolute atomic E-state index is 15.8. The average molecular weight is 819 g/mol. The first kappa shape index (κ1) is 39.8. The van der Waals surface area contributed by atoms with Gasteiger partial charge >= 0.3 is 0 Å². The van der Waals surface area contributed by atoms with E-state index < -0.39 is 46.9 Å². The van der Waals surface area contributed by atoms with Crippen LogP contribution in [0.5, 0.6) is 0 Å². The number of carbonyl (C=O) groups excluding carboxylic acids is 6. The number of carbonyl (C=O) groups is 6. The molecule has 5 aliphatic heterocycles. The van der Waals surface area contributed by atoms with Crippen molar-refractivity contribution in [2.24, 2.45) is 5.92 Å². The van der Waals surface area contributed by atoms with Crippen LogP contribution >= 0.6 is 12.2 Å². The summed E-state index contributed by atoms with van der Waals surface area (Å²) in [5, 5.41) is 11.7. The first-order chi connectivity index (χ1) is 28.2. The number of nitrogens with one attached hydrogen (secondary N) is 1. The van der Waals surface area contributed by atoms with Gasteiger partial charge in [-0.05, 0) is 118 Å². The Morgan fingerprint density at radius 1 is 0.864 bits per heavy atom. The number of nitrogens with zero attached hydrogens (tertiary/aromatic N) is 7. The summed E-state index contributed by atoms with van der Waals surface area (Å²) in [5.41, 5.74) is 2.21. The van der Waals surface area contributed by atoms with Crippen LogP contribution in [0.15, 0.2) is 54.6 Å². The van der Waals surface area contributed by atoms with Gasteiger partial charge in [-0.15, -0.1) is 0 Å². The van der Waals surface area contributed by atoms with Crippen LogP contribution in [0.3, 0.4) is 0 Å². The van der Waals surface area contributed by atoms with Gasteiger partial charge in [-0.3, -0.25) is 48.8 Å². The number of aryl methyl sites for hydroxylation is 1. The van der Waals surface area contributed by atoms with Crippen LogP contribution in [0.4, 0.5) is 21.5 Å². The number of anilines is 3. The lowest BCUT2D eigenvalue weighted by atomic mass is 9.95. The minimum atomic E-state index is -1.14. The highest BCUT2D eigenvalue weighted by atomic mass is 32.1. The summed E-state index contributed by atoms with van der Waals surface area (Å²) in [6.45, 7) is 9.79. The Bertz CT molecular complexity index is 2380. The summed E-state index contributed by atoms with van der Waals surface area (Å²) in [5.74, 6) is -3.07. The predicted octanol–water partition coefficient (Wildman–Crippen LogP) is 4.00. The van der Waals surface area contributed by atoms with Crippen LogP contribution in [0.2, 0.25) is 0 Å². The lowest BCUT2D eigenvalue weighted by Gasteiger charge is -2.39. The molecular formula is C43H43FN8O6S. The molecule has 1 unspecified atom stereocenters. The van der Waals surface area contributed by atoms with Crippen molar-refractivity contribution >= 4 is 69.8 Å². The normalized spacial score (nSPS) is 21.3. The molecule has 1 atom stereocenters. The van der Waals surface area contributed by atoms with Gasteiger partial charge in [-0.2, -0.15) is 5.26 Å². The Balaban J connectivity index is 0.841. The molecule has 4 fully saturated rings. The second-order valence-electron chi connectivity index (χ2n) is 16.3. The molecule has 59 heavy (non-hydrogen) atoms. The van der Waals surface area contributed by atoms with E-state index in [2.05, 4.69) is 21.2 Å². The number of imide groups is 2. The number of nitriles is 1. The van der Waals surface area contributed by atoms with Gasteiger partial charge in [-0.1, -0.05) is 0 Å². The molecule has 3 aromatic rings. The Labute approximate surface area is 346 Å². The number of hydrogen-bond donors (Lipinski definition) is 1. The largest absolute Gasteiger partial charge is 0.371 e. The van der Waals surface area contributed by atoms with Crippen molar-refractivity contribution in [3.05, 3.63) is 88.2 Å². The van der Waals surface area contributed by atoms with Crippen LogP contribution in [0, 0.1) is 30.0 Å². The standard InChI is InChI=1S/C43H43FN8O6S/c1-25-20-29(5-4-27(25)23-45)50-41(58)43(2,3)52(42(50)59)30-7-9-32(34(44)22-30)38(55)49-18-16-47(17-19-49)24-26-12-14-48(15-13-26)28-6-8-31-33(21-28)40(57)51(39(31)56)35-10-11-36(53)46-37(35)54/h4-9,20-22,26,35H,10-19,24H2,1-3H3,(H,46,53,54). The van der Waals surface area contributed by atoms with Crippen molar-refractivity contribution in [3.63, 3.8) is 0 Å². The van der Waals surface area contributed by atoms with Gasteiger partial charge in [0.15, 0.2) is 5.11 Å². The number of amides is 6. The average Bonchev–Trinajstić information content (AvgIpc) is 3.56.